The van der Waals surface area contributed by atoms with Gasteiger partial charge in [0.1, 0.15) is 11.8 Å². The molecule has 1 aliphatic heterocycles. The highest BCUT2D eigenvalue weighted by atomic mass is 35.5. The lowest BCUT2D eigenvalue weighted by molar-refractivity contribution is -0.142. The lowest BCUT2D eigenvalue weighted by atomic mass is 9.95. The summed E-state index contributed by atoms with van der Waals surface area (Å²) in [5.74, 6) is -1.21. The summed E-state index contributed by atoms with van der Waals surface area (Å²) in [6.45, 7) is 0.779. The first-order chi connectivity index (χ1) is 19.8. The molecule has 0 radical (unpaired) electrons. The summed E-state index contributed by atoms with van der Waals surface area (Å²) in [6.07, 6.45) is 4.19. The first-order valence-corrected chi connectivity index (χ1v) is 14.7. The molecule has 1 fully saturated rings. The Kier molecular flexibility index (Phi) is 10.7. The molecule has 0 unspecified atom stereocenters. The number of benzene rings is 3. The van der Waals surface area contributed by atoms with Gasteiger partial charge in [-0.05, 0) is 48.2 Å². The number of methoxy groups -OCH3 is 1. The van der Waals surface area contributed by atoms with Gasteiger partial charge in [0.2, 0.25) is 11.8 Å². The number of carboxylic acid groups (broad SMARTS) is 1. The maximum absolute atomic E-state index is 12.9. The first-order valence-electron chi connectivity index (χ1n) is 13.1. The smallest absolute Gasteiger partial charge is 0.326 e. The second-order valence-electron chi connectivity index (χ2n) is 9.56. The van der Waals surface area contributed by atoms with Gasteiger partial charge in [-0.2, -0.15) is 0 Å². The number of likely N-dealkylation sites (tertiary alicyclic amines) is 1. The van der Waals surface area contributed by atoms with Crippen molar-refractivity contribution < 1.29 is 24.2 Å². The Morgan fingerprint density at radius 3 is 2.37 bits per heavy atom. The van der Waals surface area contributed by atoms with Gasteiger partial charge in [-0.25, -0.2) is 4.79 Å². The van der Waals surface area contributed by atoms with E-state index >= 15 is 0 Å². The SMILES string of the molecule is COc1ccccc1Sc1ccc(C=CC(=O)N2CCC(C(=O)N[C@@H](Cc3ccccc3)C(=O)O)CC2)c(Cl)c1Cl. The number of nitrogens with one attached hydrogen (secondary N) is 1. The summed E-state index contributed by atoms with van der Waals surface area (Å²) >= 11 is 14.5. The largest absolute Gasteiger partial charge is 0.496 e. The van der Waals surface area contributed by atoms with Crippen LogP contribution in [-0.4, -0.2) is 54.0 Å². The van der Waals surface area contributed by atoms with Crippen molar-refractivity contribution in [2.24, 2.45) is 5.92 Å². The van der Waals surface area contributed by atoms with Crippen LogP contribution in [0.2, 0.25) is 10.0 Å². The molecule has 214 valence electrons. The number of piperidine rings is 1. The van der Waals surface area contributed by atoms with Crippen molar-refractivity contribution in [1.29, 1.82) is 0 Å². The Hall–Kier alpha value is -3.46. The lowest BCUT2D eigenvalue weighted by Gasteiger charge is -2.31. The molecule has 0 spiro atoms. The third-order valence-electron chi connectivity index (χ3n) is 6.85. The maximum Gasteiger partial charge on any atom is 0.326 e. The minimum Gasteiger partial charge on any atom is -0.496 e. The lowest BCUT2D eigenvalue weighted by Crippen LogP contribution is -2.48. The van der Waals surface area contributed by atoms with Gasteiger partial charge >= 0.3 is 5.97 Å². The highest BCUT2D eigenvalue weighted by Gasteiger charge is 2.29. The first kappa shape index (κ1) is 30.5. The van der Waals surface area contributed by atoms with E-state index < -0.39 is 12.0 Å². The molecule has 1 heterocycles. The van der Waals surface area contributed by atoms with E-state index in [4.69, 9.17) is 27.9 Å². The minimum atomic E-state index is -1.08. The third-order valence-corrected chi connectivity index (χ3v) is 8.97. The molecule has 1 aliphatic rings. The zero-order valence-electron chi connectivity index (χ0n) is 22.4. The standard InChI is InChI=1S/C31H30Cl2N2O5S/c1-40-24-9-5-6-10-25(24)41-26-13-11-21(28(32)29(26)33)12-14-27(36)35-17-15-22(16-18-35)30(37)34-23(31(38)39)19-20-7-3-2-4-8-20/h2-14,22-23H,15-19H2,1H3,(H,34,37)(H,38,39)/t23-/m0/s1. The molecule has 0 aromatic heterocycles. The van der Waals surface area contributed by atoms with Crippen LogP contribution in [0.5, 0.6) is 5.75 Å². The Morgan fingerprint density at radius 2 is 1.68 bits per heavy atom. The minimum absolute atomic E-state index is 0.198. The zero-order valence-corrected chi connectivity index (χ0v) is 24.7. The average molecular weight is 614 g/mol. The number of para-hydroxylation sites is 1. The number of hydrogen-bond donors (Lipinski definition) is 2. The Bertz CT molecular complexity index is 1430. The molecular formula is C31H30Cl2N2O5S. The van der Waals surface area contributed by atoms with E-state index in [0.717, 1.165) is 21.1 Å². The van der Waals surface area contributed by atoms with Crippen LogP contribution < -0.4 is 10.1 Å². The van der Waals surface area contributed by atoms with Gasteiger partial charge in [-0.3, -0.25) is 9.59 Å². The van der Waals surface area contributed by atoms with E-state index in [2.05, 4.69) is 5.32 Å². The third kappa shape index (κ3) is 8.06. The molecule has 7 nitrogen and oxygen atoms in total. The summed E-state index contributed by atoms with van der Waals surface area (Å²) in [5, 5.41) is 13.0. The van der Waals surface area contributed by atoms with Gasteiger partial charge in [0.25, 0.3) is 0 Å². The molecule has 0 aliphatic carbocycles. The van der Waals surface area contributed by atoms with E-state index in [1.165, 1.54) is 17.8 Å². The van der Waals surface area contributed by atoms with E-state index in [9.17, 15) is 19.5 Å². The number of carbonyl (C=O) groups excluding carboxylic acids is 2. The highest BCUT2D eigenvalue weighted by molar-refractivity contribution is 7.99. The average Bonchev–Trinajstić information content (AvgIpc) is 2.99. The summed E-state index contributed by atoms with van der Waals surface area (Å²) in [6, 6.07) is 19.4. The molecule has 4 rings (SSSR count). The van der Waals surface area contributed by atoms with Crippen molar-refractivity contribution >= 4 is 58.8 Å². The number of carbonyl (C=O) groups is 3. The predicted molar refractivity (Wildman–Crippen MR) is 162 cm³/mol. The van der Waals surface area contributed by atoms with E-state index in [-0.39, 0.29) is 24.2 Å². The molecule has 41 heavy (non-hydrogen) atoms. The van der Waals surface area contributed by atoms with Crippen LogP contribution in [0.15, 0.2) is 82.6 Å². The van der Waals surface area contributed by atoms with Crippen LogP contribution >= 0.6 is 35.0 Å². The highest BCUT2D eigenvalue weighted by Crippen LogP contribution is 2.42. The maximum atomic E-state index is 12.9. The van der Waals surface area contributed by atoms with Crippen LogP contribution in [-0.2, 0) is 20.8 Å². The van der Waals surface area contributed by atoms with Crippen molar-refractivity contribution in [3.8, 4) is 5.75 Å². The van der Waals surface area contributed by atoms with Crippen LogP contribution in [0.1, 0.15) is 24.0 Å². The molecule has 2 amide bonds. The van der Waals surface area contributed by atoms with Crippen molar-refractivity contribution in [2.45, 2.75) is 35.1 Å². The van der Waals surface area contributed by atoms with Gasteiger partial charge in [0.15, 0.2) is 0 Å². The van der Waals surface area contributed by atoms with Crippen molar-refractivity contribution in [3.05, 3.63) is 94.0 Å². The quantitative estimate of drug-likeness (QED) is 0.264. The molecule has 0 bridgehead atoms. The number of rotatable bonds is 10. The fourth-order valence-corrected chi connectivity index (χ4v) is 6.08. The van der Waals surface area contributed by atoms with Crippen LogP contribution in [0.3, 0.4) is 0 Å². The number of nitrogens with zero attached hydrogens (tertiary/aromatic N) is 1. The van der Waals surface area contributed by atoms with E-state index in [0.29, 0.717) is 41.5 Å². The Balaban J connectivity index is 1.31. The second kappa shape index (κ2) is 14.4. The number of amides is 2. The van der Waals surface area contributed by atoms with Crippen molar-refractivity contribution in [2.75, 3.05) is 20.2 Å². The summed E-state index contributed by atoms with van der Waals surface area (Å²) in [4.78, 5) is 40.7. The molecular weight excluding hydrogens is 583 g/mol. The van der Waals surface area contributed by atoms with E-state index in [1.807, 2.05) is 60.7 Å². The van der Waals surface area contributed by atoms with Crippen LogP contribution in [0.4, 0.5) is 0 Å². The van der Waals surface area contributed by atoms with Crippen LogP contribution in [0.25, 0.3) is 6.08 Å². The zero-order chi connectivity index (χ0) is 29.4. The monoisotopic (exact) mass is 612 g/mol. The number of aliphatic carboxylic acids is 1. The van der Waals surface area contributed by atoms with Crippen molar-refractivity contribution in [1.82, 2.24) is 10.2 Å². The predicted octanol–water partition coefficient (Wildman–Crippen LogP) is 6.22. The van der Waals surface area contributed by atoms with E-state index in [1.54, 1.807) is 24.2 Å². The summed E-state index contributed by atoms with van der Waals surface area (Å²) in [5.41, 5.74) is 1.44. The van der Waals surface area contributed by atoms with Gasteiger partial charge in [0, 0.05) is 36.4 Å². The van der Waals surface area contributed by atoms with Gasteiger partial charge in [0.05, 0.1) is 22.1 Å². The van der Waals surface area contributed by atoms with Crippen LogP contribution in [0, 0.1) is 5.92 Å². The molecule has 1 atom stereocenters. The molecule has 3 aromatic carbocycles. The normalized spacial score (nSPS) is 14.6. The molecule has 0 saturated carbocycles. The summed E-state index contributed by atoms with van der Waals surface area (Å²) < 4.78 is 5.41. The number of hydrogen-bond acceptors (Lipinski definition) is 5. The fraction of sp³-hybridized carbons (Fsp3) is 0.258. The van der Waals surface area contributed by atoms with Crippen molar-refractivity contribution in [3.63, 3.8) is 0 Å². The molecule has 10 heteroatoms. The molecule has 1 saturated heterocycles. The number of ether oxygens (including phenoxy) is 1. The van der Waals surface area contributed by atoms with Gasteiger partial charge in [-0.15, -0.1) is 0 Å². The number of carboxylic acids is 1. The second-order valence-corrected chi connectivity index (χ2v) is 11.4. The molecule has 3 aromatic rings. The number of halogens is 2. The fourth-order valence-electron chi connectivity index (χ4n) is 4.54. The van der Waals surface area contributed by atoms with Gasteiger partial charge in [-0.1, -0.05) is 83.5 Å². The molecule has 2 N–H and O–H groups in total. The summed E-state index contributed by atoms with van der Waals surface area (Å²) in [7, 11) is 1.61. The van der Waals surface area contributed by atoms with Gasteiger partial charge < -0.3 is 20.1 Å². The topological polar surface area (TPSA) is 95.9 Å². The Morgan fingerprint density at radius 1 is 1.00 bits per heavy atom. The Labute approximate surface area is 253 Å².